The molecule has 0 saturated carbocycles. The number of carbonyl (C=O) groups is 1. The number of fused-ring (bicyclic) bond motifs is 4. The minimum atomic E-state index is -0.476. The van der Waals surface area contributed by atoms with Crippen molar-refractivity contribution >= 4 is 39.0 Å². The van der Waals surface area contributed by atoms with E-state index >= 15 is 0 Å². The molecule has 3 N–H and O–H groups in total. The second-order valence-corrected chi connectivity index (χ2v) is 9.02. The van der Waals surface area contributed by atoms with Crippen molar-refractivity contribution in [1.82, 2.24) is 15.4 Å². The Labute approximate surface area is 183 Å². The number of amides is 1. The number of hydrazine groups is 1. The van der Waals surface area contributed by atoms with Crippen LogP contribution in [0.3, 0.4) is 0 Å². The summed E-state index contributed by atoms with van der Waals surface area (Å²) >= 11 is 1.77. The fourth-order valence-corrected chi connectivity index (χ4v) is 5.72. The summed E-state index contributed by atoms with van der Waals surface area (Å²) in [5.41, 5.74) is 10.6. The summed E-state index contributed by atoms with van der Waals surface area (Å²) < 4.78 is 0. The van der Waals surface area contributed by atoms with Crippen molar-refractivity contribution in [2.24, 2.45) is 0 Å². The molecule has 1 aliphatic heterocycles. The highest BCUT2D eigenvalue weighted by Crippen LogP contribution is 2.40. The van der Waals surface area contributed by atoms with Crippen molar-refractivity contribution in [2.75, 3.05) is 10.7 Å². The van der Waals surface area contributed by atoms with E-state index in [2.05, 4.69) is 16.2 Å². The van der Waals surface area contributed by atoms with Crippen LogP contribution in [-0.4, -0.2) is 15.9 Å². The molecular weight excluding hydrogens is 406 g/mol. The summed E-state index contributed by atoms with van der Waals surface area (Å²) in [5, 5.41) is 4.01. The van der Waals surface area contributed by atoms with Crippen LogP contribution in [0.5, 0.6) is 0 Å². The first kappa shape index (κ1) is 18.5. The third-order valence-electron chi connectivity index (χ3n) is 5.97. The van der Waals surface area contributed by atoms with Crippen molar-refractivity contribution in [2.45, 2.75) is 31.7 Å². The number of rotatable bonds is 4. The molecule has 31 heavy (non-hydrogen) atoms. The second kappa shape index (κ2) is 7.44. The van der Waals surface area contributed by atoms with E-state index in [0.717, 1.165) is 45.7 Å². The van der Waals surface area contributed by atoms with Gasteiger partial charge in [0.05, 0.1) is 5.39 Å². The molecule has 2 aliphatic rings. The maximum Gasteiger partial charge on any atom is 0.247 e. The van der Waals surface area contributed by atoms with Crippen LogP contribution in [-0.2, 0) is 17.6 Å². The number of hydrogen-bond acceptors (Lipinski definition) is 6. The van der Waals surface area contributed by atoms with Gasteiger partial charge in [-0.25, -0.2) is 15.4 Å². The smallest absolute Gasteiger partial charge is 0.247 e. The van der Waals surface area contributed by atoms with E-state index in [9.17, 15) is 4.79 Å². The summed E-state index contributed by atoms with van der Waals surface area (Å²) in [6.07, 6.45) is 4.55. The van der Waals surface area contributed by atoms with E-state index < -0.39 is 6.04 Å². The van der Waals surface area contributed by atoms with Crippen LogP contribution >= 0.6 is 11.3 Å². The van der Waals surface area contributed by atoms with Crippen LogP contribution in [0.4, 0.5) is 11.5 Å². The lowest BCUT2D eigenvalue weighted by atomic mass is 9.97. The average molecular weight is 428 g/mol. The molecule has 0 bridgehead atoms. The molecule has 0 saturated heterocycles. The van der Waals surface area contributed by atoms with Gasteiger partial charge in [0, 0.05) is 21.7 Å². The van der Waals surface area contributed by atoms with E-state index in [1.807, 2.05) is 54.6 Å². The second-order valence-electron chi connectivity index (χ2n) is 7.93. The SMILES string of the molecule is O=C1Nc2ccccc2C1NNc1nc(-c2ccccc2)nc2sc3c(c12)CCCC3. The van der Waals surface area contributed by atoms with Gasteiger partial charge in [-0.05, 0) is 37.3 Å². The third kappa shape index (κ3) is 3.17. The molecule has 1 atom stereocenters. The Morgan fingerprint density at radius 2 is 1.77 bits per heavy atom. The Morgan fingerprint density at radius 3 is 2.68 bits per heavy atom. The predicted octanol–water partition coefficient (Wildman–Crippen LogP) is 4.85. The quantitative estimate of drug-likeness (QED) is 0.406. The Bertz CT molecular complexity index is 1300. The number of carbonyl (C=O) groups excluding carboxylic acids is 1. The highest BCUT2D eigenvalue weighted by molar-refractivity contribution is 7.19. The first-order valence-electron chi connectivity index (χ1n) is 10.6. The van der Waals surface area contributed by atoms with Gasteiger partial charge in [-0.2, -0.15) is 0 Å². The molecule has 6 rings (SSSR count). The predicted molar refractivity (Wildman–Crippen MR) is 124 cm³/mol. The Kier molecular flexibility index (Phi) is 4.44. The Hall–Kier alpha value is -3.29. The molecule has 0 fully saturated rings. The normalized spacial score (nSPS) is 17.3. The molecule has 1 amide bonds. The zero-order valence-electron chi connectivity index (χ0n) is 16.8. The van der Waals surface area contributed by atoms with Crippen molar-refractivity contribution in [1.29, 1.82) is 0 Å². The molecule has 3 heterocycles. The van der Waals surface area contributed by atoms with E-state index in [1.165, 1.54) is 23.3 Å². The molecule has 154 valence electrons. The lowest BCUT2D eigenvalue weighted by Gasteiger charge is -2.16. The zero-order valence-corrected chi connectivity index (χ0v) is 17.6. The monoisotopic (exact) mass is 427 g/mol. The molecule has 4 aromatic rings. The maximum absolute atomic E-state index is 12.5. The van der Waals surface area contributed by atoms with Crippen LogP contribution in [0.15, 0.2) is 54.6 Å². The molecule has 2 aromatic carbocycles. The van der Waals surface area contributed by atoms with Gasteiger partial charge >= 0.3 is 0 Å². The lowest BCUT2D eigenvalue weighted by Crippen LogP contribution is -2.32. The lowest BCUT2D eigenvalue weighted by molar-refractivity contribution is -0.117. The maximum atomic E-state index is 12.5. The van der Waals surface area contributed by atoms with Gasteiger partial charge in [0.2, 0.25) is 5.91 Å². The summed E-state index contributed by atoms with van der Waals surface area (Å²) in [6, 6.07) is 17.3. The highest BCUT2D eigenvalue weighted by Gasteiger charge is 2.30. The minimum absolute atomic E-state index is 0.0744. The van der Waals surface area contributed by atoms with E-state index in [4.69, 9.17) is 9.97 Å². The molecule has 0 spiro atoms. The highest BCUT2D eigenvalue weighted by atomic mass is 32.1. The Balaban J connectivity index is 1.42. The fourth-order valence-electron chi connectivity index (χ4n) is 4.46. The minimum Gasteiger partial charge on any atom is -0.324 e. The van der Waals surface area contributed by atoms with Crippen LogP contribution < -0.4 is 16.2 Å². The van der Waals surface area contributed by atoms with Crippen LogP contribution in [0, 0.1) is 0 Å². The summed E-state index contributed by atoms with van der Waals surface area (Å²) in [7, 11) is 0. The molecule has 2 aromatic heterocycles. The van der Waals surface area contributed by atoms with Crippen LogP contribution in [0.25, 0.3) is 21.6 Å². The third-order valence-corrected chi connectivity index (χ3v) is 7.16. The van der Waals surface area contributed by atoms with Crippen molar-refractivity contribution in [3.8, 4) is 11.4 Å². The van der Waals surface area contributed by atoms with Gasteiger partial charge in [-0.1, -0.05) is 48.5 Å². The summed E-state index contributed by atoms with van der Waals surface area (Å²) in [6.45, 7) is 0. The number of aryl methyl sites for hydroxylation is 2. The first-order chi connectivity index (χ1) is 15.3. The number of nitrogens with one attached hydrogen (secondary N) is 3. The van der Waals surface area contributed by atoms with Gasteiger partial charge in [0.25, 0.3) is 0 Å². The molecular formula is C24H21N5OS. The average Bonchev–Trinajstić information content (AvgIpc) is 3.34. The van der Waals surface area contributed by atoms with E-state index in [0.29, 0.717) is 5.82 Å². The first-order valence-corrected chi connectivity index (χ1v) is 11.4. The fraction of sp³-hybridized carbons (Fsp3) is 0.208. The van der Waals surface area contributed by atoms with Gasteiger partial charge in [0.1, 0.15) is 10.9 Å². The van der Waals surface area contributed by atoms with Crippen molar-refractivity contribution < 1.29 is 4.79 Å². The van der Waals surface area contributed by atoms with Gasteiger partial charge in [-0.3, -0.25) is 4.79 Å². The number of para-hydroxylation sites is 1. The molecule has 7 heteroatoms. The van der Waals surface area contributed by atoms with Crippen LogP contribution in [0.2, 0.25) is 0 Å². The summed E-state index contributed by atoms with van der Waals surface area (Å²) in [4.78, 5) is 24.7. The van der Waals surface area contributed by atoms with Gasteiger partial charge in [-0.15, -0.1) is 11.3 Å². The zero-order chi connectivity index (χ0) is 20.8. The largest absolute Gasteiger partial charge is 0.324 e. The van der Waals surface area contributed by atoms with E-state index in [-0.39, 0.29) is 5.91 Å². The van der Waals surface area contributed by atoms with Crippen molar-refractivity contribution in [3.05, 3.63) is 70.6 Å². The number of nitrogens with zero attached hydrogens (tertiary/aromatic N) is 2. The number of aromatic nitrogens is 2. The van der Waals surface area contributed by atoms with Gasteiger partial charge in [0.15, 0.2) is 11.6 Å². The molecule has 6 nitrogen and oxygen atoms in total. The topological polar surface area (TPSA) is 78.9 Å². The standard InChI is InChI=1S/C24H21N5OS/c30-23-20(15-10-4-6-12-17(15)25-23)28-29-22-19-16-11-5-7-13-18(16)31-24(19)27-21(26-22)14-8-2-1-3-9-14/h1-4,6,8-10,12,20,28H,5,7,11,13H2,(H,25,30)(H,26,27,29). The number of thiophene rings is 1. The number of hydrogen-bond donors (Lipinski definition) is 3. The van der Waals surface area contributed by atoms with Gasteiger partial charge < -0.3 is 10.7 Å². The Morgan fingerprint density at radius 1 is 0.968 bits per heavy atom. The van der Waals surface area contributed by atoms with Crippen molar-refractivity contribution in [3.63, 3.8) is 0 Å². The molecule has 0 radical (unpaired) electrons. The molecule has 1 aliphatic carbocycles. The van der Waals surface area contributed by atoms with E-state index in [1.54, 1.807) is 11.3 Å². The summed E-state index contributed by atoms with van der Waals surface area (Å²) in [5.74, 6) is 1.35. The number of anilines is 2. The number of benzene rings is 2. The van der Waals surface area contributed by atoms with Crippen LogP contribution in [0.1, 0.15) is 34.9 Å². The molecule has 1 unspecified atom stereocenters.